The summed E-state index contributed by atoms with van der Waals surface area (Å²) in [5.41, 5.74) is 2.15. The lowest BCUT2D eigenvalue weighted by atomic mass is 10.2. The van der Waals surface area contributed by atoms with Crippen molar-refractivity contribution >= 4 is 5.52 Å². The Balaban J connectivity index is 2.14. The van der Waals surface area contributed by atoms with Gasteiger partial charge in [0.2, 0.25) is 0 Å². The van der Waals surface area contributed by atoms with Gasteiger partial charge < -0.3 is 0 Å². The molecule has 92 valence electrons. The largest absolute Gasteiger partial charge is 0.246 e. The minimum Gasteiger partial charge on any atom is -0.246 e. The minimum atomic E-state index is 0.826. The Hall–Kier alpha value is -2.17. The van der Waals surface area contributed by atoms with Crippen LogP contribution in [0.4, 0.5) is 0 Å². The number of hydrogen-bond donors (Lipinski definition) is 0. The molecule has 0 fully saturated rings. The summed E-state index contributed by atoms with van der Waals surface area (Å²) in [5.74, 6) is 1.82. The lowest BCUT2D eigenvalue weighted by Crippen LogP contribution is -2.00. The predicted molar refractivity (Wildman–Crippen MR) is 69.3 cm³/mol. The van der Waals surface area contributed by atoms with Gasteiger partial charge in [-0.05, 0) is 25.1 Å². The van der Waals surface area contributed by atoms with Gasteiger partial charge in [-0.15, -0.1) is 0 Å². The number of hydrogen-bond acceptors (Lipinski definition) is 3. The summed E-state index contributed by atoms with van der Waals surface area (Å²) in [6, 6.07) is 6.09. The molecule has 0 spiro atoms. The number of aryl methyl sites for hydroxylation is 2. The van der Waals surface area contributed by atoms with Crippen molar-refractivity contribution in [3.63, 3.8) is 0 Å². The van der Waals surface area contributed by atoms with Gasteiger partial charge >= 0.3 is 0 Å². The summed E-state index contributed by atoms with van der Waals surface area (Å²) in [6.45, 7) is 4.97. The van der Waals surface area contributed by atoms with Crippen molar-refractivity contribution in [3.05, 3.63) is 36.4 Å². The van der Waals surface area contributed by atoms with Crippen molar-refractivity contribution in [2.24, 2.45) is 0 Å². The maximum Gasteiger partial charge on any atom is 0.158 e. The molecule has 0 saturated carbocycles. The molecule has 3 aromatic heterocycles. The van der Waals surface area contributed by atoms with E-state index in [4.69, 9.17) is 0 Å². The van der Waals surface area contributed by atoms with Gasteiger partial charge in [0.15, 0.2) is 11.6 Å². The zero-order valence-corrected chi connectivity index (χ0v) is 10.5. The van der Waals surface area contributed by atoms with Crippen molar-refractivity contribution in [1.29, 1.82) is 0 Å². The molecule has 0 radical (unpaired) electrons. The molecule has 0 amide bonds. The molecule has 0 aliphatic heterocycles. The summed E-state index contributed by atoms with van der Waals surface area (Å²) in [5, 5.41) is 8.67. The SMILES string of the molecule is CCc1nc(-c2ccn3nccc3c2)n(CC)n1. The van der Waals surface area contributed by atoms with Gasteiger partial charge in [-0.2, -0.15) is 10.2 Å². The van der Waals surface area contributed by atoms with Gasteiger partial charge in [0.25, 0.3) is 0 Å². The zero-order chi connectivity index (χ0) is 12.5. The monoisotopic (exact) mass is 241 g/mol. The average molecular weight is 241 g/mol. The van der Waals surface area contributed by atoms with E-state index in [0.717, 1.165) is 35.7 Å². The van der Waals surface area contributed by atoms with Crippen LogP contribution in [0.15, 0.2) is 30.6 Å². The second-order valence-electron chi connectivity index (χ2n) is 4.14. The molecule has 0 N–H and O–H groups in total. The van der Waals surface area contributed by atoms with E-state index in [-0.39, 0.29) is 0 Å². The fourth-order valence-corrected chi connectivity index (χ4v) is 2.03. The van der Waals surface area contributed by atoms with Crippen molar-refractivity contribution in [1.82, 2.24) is 24.4 Å². The summed E-state index contributed by atoms with van der Waals surface area (Å²) < 4.78 is 3.79. The van der Waals surface area contributed by atoms with Crippen LogP contribution in [0, 0.1) is 0 Å². The van der Waals surface area contributed by atoms with Crippen LogP contribution in [0.5, 0.6) is 0 Å². The first-order valence-corrected chi connectivity index (χ1v) is 6.19. The second-order valence-corrected chi connectivity index (χ2v) is 4.14. The van der Waals surface area contributed by atoms with Crippen LogP contribution in [0.2, 0.25) is 0 Å². The molecule has 18 heavy (non-hydrogen) atoms. The summed E-state index contributed by atoms with van der Waals surface area (Å²) in [6.07, 6.45) is 4.60. The van der Waals surface area contributed by atoms with Gasteiger partial charge in [0.1, 0.15) is 0 Å². The summed E-state index contributed by atoms with van der Waals surface area (Å²) >= 11 is 0. The van der Waals surface area contributed by atoms with E-state index in [9.17, 15) is 0 Å². The number of fused-ring (bicyclic) bond motifs is 1. The van der Waals surface area contributed by atoms with Crippen LogP contribution in [-0.2, 0) is 13.0 Å². The van der Waals surface area contributed by atoms with E-state index >= 15 is 0 Å². The maximum absolute atomic E-state index is 4.58. The summed E-state index contributed by atoms with van der Waals surface area (Å²) in [4.78, 5) is 4.58. The molecule has 3 rings (SSSR count). The minimum absolute atomic E-state index is 0.826. The van der Waals surface area contributed by atoms with Crippen LogP contribution >= 0.6 is 0 Å². The quantitative estimate of drug-likeness (QED) is 0.706. The average Bonchev–Trinajstić information content (AvgIpc) is 3.03. The Kier molecular flexibility index (Phi) is 2.59. The Morgan fingerprint density at radius 1 is 1.22 bits per heavy atom. The molecule has 0 atom stereocenters. The third-order valence-corrected chi connectivity index (χ3v) is 2.99. The molecular weight excluding hydrogens is 226 g/mol. The highest BCUT2D eigenvalue weighted by molar-refractivity contribution is 5.63. The highest BCUT2D eigenvalue weighted by atomic mass is 15.3. The highest BCUT2D eigenvalue weighted by Crippen LogP contribution is 2.19. The molecular formula is C13H15N5. The van der Waals surface area contributed by atoms with E-state index in [1.807, 2.05) is 27.5 Å². The summed E-state index contributed by atoms with van der Waals surface area (Å²) in [7, 11) is 0. The first-order valence-electron chi connectivity index (χ1n) is 6.19. The van der Waals surface area contributed by atoms with Crippen molar-refractivity contribution in [3.8, 4) is 11.4 Å². The topological polar surface area (TPSA) is 48.0 Å². The maximum atomic E-state index is 4.58. The van der Waals surface area contributed by atoms with Crippen LogP contribution in [0.3, 0.4) is 0 Å². The molecule has 5 heteroatoms. The molecule has 0 bridgehead atoms. The predicted octanol–water partition coefficient (Wildman–Crippen LogP) is 2.18. The van der Waals surface area contributed by atoms with Crippen LogP contribution in [0.1, 0.15) is 19.7 Å². The highest BCUT2D eigenvalue weighted by Gasteiger charge is 2.10. The Morgan fingerprint density at radius 3 is 2.89 bits per heavy atom. The first kappa shape index (κ1) is 11.0. The molecule has 3 heterocycles. The number of rotatable bonds is 3. The van der Waals surface area contributed by atoms with Crippen molar-refractivity contribution in [2.45, 2.75) is 26.8 Å². The molecule has 5 nitrogen and oxygen atoms in total. The molecule has 0 saturated heterocycles. The first-order chi connectivity index (χ1) is 8.81. The fraction of sp³-hybridized carbons (Fsp3) is 0.308. The van der Waals surface area contributed by atoms with Gasteiger partial charge in [0.05, 0.1) is 5.52 Å². The van der Waals surface area contributed by atoms with Crippen molar-refractivity contribution in [2.75, 3.05) is 0 Å². The van der Waals surface area contributed by atoms with Gasteiger partial charge in [-0.1, -0.05) is 6.92 Å². The third-order valence-electron chi connectivity index (χ3n) is 2.99. The van der Waals surface area contributed by atoms with Crippen LogP contribution < -0.4 is 0 Å². The second kappa shape index (κ2) is 4.25. The van der Waals surface area contributed by atoms with Crippen LogP contribution in [0.25, 0.3) is 16.9 Å². The zero-order valence-electron chi connectivity index (χ0n) is 10.5. The lowest BCUT2D eigenvalue weighted by Gasteiger charge is -2.03. The third kappa shape index (κ3) is 1.68. The van der Waals surface area contributed by atoms with E-state index in [1.165, 1.54) is 0 Å². The number of pyridine rings is 1. The smallest absolute Gasteiger partial charge is 0.158 e. The van der Waals surface area contributed by atoms with E-state index < -0.39 is 0 Å². The van der Waals surface area contributed by atoms with Gasteiger partial charge in [0, 0.05) is 30.9 Å². The standard InChI is InChI=1S/C13H15N5/c1-3-12-15-13(17(4-2)16-12)10-6-8-18-11(9-10)5-7-14-18/h5-9H,3-4H2,1-2H3. The number of nitrogens with zero attached hydrogens (tertiary/aromatic N) is 5. The van der Waals surface area contributed by atoms with Crippen molar-refractivity contribution < 1.29 is 0 Å². The van der Waals surface area contributed by atoms with E-state index in [1.54, 1.807) is 6.20 Å². The molecule has 0 aliphatic carbocycles. The Morgan fingerprint density at radius 2 is 2.11 bits per heavy atom. The Bertz CT molecular complexity index is 680. The molecule has 0 aliphatic rings. The fourth-order valence-electron chi connectivity index (χ4n) is 2.03. The molecule has 0 unspecified atom stereocenters. The molecule has 0 aromatic carbocycles. The van der Waals surface area contributed by atoms with E-state index in [0.29, 0.717) is 0 Å². The molecule has 3 aromatic rings. The van der Waals surface area contributed by atoms with Gasteiger partial charge in [-0.25, -0.2) is 14.2 Å². The Labute approximate surface area is 105 Å². The number of aromatic nitrogens is 5. The normalized spacial score (nSPS) is 11.2. The lowest BCUT2D eigenvalue weighted by molar-refractivity contribution is 0.655. The van der Waals surface area contributed by atoms with Crippen LogP contribution in [-0.4, -0.2) is 24.4 Å². The van der Waals surface area contributed by atoms with Gasteiger partial charge in [-0.3, -0.25) is 0 Å². The van der Waals surface area contributed by atoms with E-state index in [2.05, 4.69) is 35.1 Å².